The molecule has 62 heavy (non-hydrogen) atoms. The van der Waals surface area contributed by atoms with Gasteiger partial charge in [0, 0.05) is 22.5 Å². The Kier molecular flexibility index (Phi) is 11.0. The van der Waals surface area contributed by atoms with Crippen LogP contribution >= 0.6 is 0 Å². The molecule has 3 fully saturated rings. The summed E-state index contributed by atoms with van der Waals surface area (Å²) in [5, 5.41) is 0. The Bertz CT molecular complexity index is 2530. The summed E-state index contributed by atoms with van der Waals surface area (Å²) in [6, 6.07) is 48.7. The minimum atomic E-state index is -0.0654. The summed E-state index contributed by atoms with van der Waals surface area (Å²) in [6.07, 6.45) is 25.3. The third-order valence-electron chi connectivity index (χ3n) is 16.4. The van der Waals surface area contributed by atoms with Crippen LogP contribution in [0.15, 0.2) is 121 Å². The van der Waals surface area contributed by atoms with Crippen molar-refractivity contribution >= 4 is 17.1 Å². The van der Waals surface area contributed by atoms with Gasteiger partial charge in [-0.05, 0) is 197 Å². The maximum atomic E-state index is 2.66. The van der Waals surface area contributed by atoms with Crippen molar-refractivity contribution in [1.29, 1.82) is 0 Å². The van der Waals surface area contributed by atoms with Crippen molar-refractivity contribution in [3.05, 3.63) is 160 Å². The van der Waals surface area contributed by atoms with E-state index >= 15 is 0 Å². The Hall–Kier alpha value is -4.88. The second-order valence-corrected chi connectivity index (χ2v) is 20.6. The van der Waals surface area contributed by atoms with Crippen molar-refractivity contribution in [3.8, 4) is 33.4 Å². The van der Waals surface area contributed by atoms with Gasteiger partial charge in [0.05, 0.1) is 0 Å². The average molecular weight is 814 g/mol. The zero-order chi connectivity index (χ0) is 41.6. The fourth-order valence-electron chi connectivity index (χ4n) is 12.9. The van der Waals surface area contributed by atoms with E-state index in [1.54, 1.807) is 22.3 Å². The van der Waals surface area contributed by atoms with Crippen LogP contribution in [0.3, 0.4) is 0 Å². The molecule has 5 aliphatic carbocycles. The minimum absolute atomic E-state index is 0.0654. The molecule has 316 valence electrons. The van der Waals surface area contributed by atoms with E-state index in [2.05, 4.69) is 140 Å². The van der Waals surface area contributed by atoms with Gasteiger partial charge in [-0.2, -0.15) is 0 Å². The summed E-state index contributed by atoms with van der Waals surface area (Å²) in [5.74, 6) is 2.07. The second-order valence-electron chi connectivity index (χ2n) is 20.6. The molecule has 1 nitrogen and oxygen atoms in total. The minimum Gasteiger partial charge on any atom is -0.310 e. The largest absolute Gasteiger partial charge is 0.310 e. The van der Waals surface area contributed by atoms with Crippen molar-refractivity contribution in [1.82, 2.24) is 0 Å². The highest BCUT2D eigenvalue weighted by molar-refractivity contribution is 5.87. The third kappa shape index (κ3) is 7.56. The Morgan fingerprint density at radius 3 is 1.68 bits per heavy atom. The van der Waals surface area contributed by atoms with Gasteiger partial charge in [0.25, 0.3) is 0 Å². The first kappa shape index (κ1) is 39.9. The Morgan fingerprint density at radius 2 is 0.968 bits per heavy atom. The Labute approximate surface area is 373 Å². The highest BCUT2D eigenvalue weighted by Crippen LogP contribution is 2.51. The van der Waals surface area contributed by atoms with Crippen molar-refractivity contribution in [2.24, 2.45) is 0 Å². The van der Waals surface area contributed by atoms with Gasteiger partial charge in [0.2, 0.25) is 0 Å². The van der Waals surface area contributed by atoms with Gasteiger partial charge in [-0.25, -0.2) is 0 Å². The predicted octanol–water partition coefficient (Wildman–Crippen LogP) is 17.8. The van der Waals surface area contributed by atoms with E-state index < -0.39 is 0 Å². The van der Waals surface area contributed by atoms with E-state index in [0.29, 0.717) is 17.8 Å². The maximum absolute atomic E-state index is 2.66. The molecule has 0 atom stereocenters. The third-order valence-corrected chi connectivity index (χ3v) is 16.4. The molecular weight excluding hydrogens is 747 g/mol. The van der Waals surface area contributed by atoms with Crippen LogP contribution < -0.4 is 4.90 Å². The first-order chi connectivity index (χ1) is 30.5. The molecule has 5 aliphatic rings. The summed E-state index contributed by atoms with van der Waals surface area (Å²) in [7, 11) is 0. The van der Waals surface area contributed by atoms with E-state index in [9.17, 15) is 0 Å². The molecule has 0 N–H and O–H groups in total. The van der Waals surface area contributed by atoms with Gasteiger partial charge in [-0.3, -0.25) is 0 Å². The highest BCUT2D eigenvalue weighted by Gasteiger charge is 2.36. The number of nitrogens with zero attached hydrogens (tertiary/aromatic N) is 1. The molecule has 0 bridgehead atoms. The van der Waals surface area contributed by atoms with Crippen molar-refractivity contribution in [2.75, 3.05) is 4.90 Å². The van der Waals surface area contributed by atoms with Crippen LogP contribution in [0.5, 0.6) is 0 Å². The molecule has 6 aromatic rings. The van der Waals surface area contributed by atoms with E-state index in [-0.39, 0.29) is 5.41 Å². The van der Waals surface area contributed by atoms with Crippen LogP contribution in [0.4, 0.5) is 17.1 Å². The molecule has 0 amide bonds. The van der Waals surface area contributed by atoms with E-state index in [4.69, 9.17) is 0 Å². The van der Waals surface area contributed by atoms with Gasteiger partial charge >= 0.3 is 0 Å². The lowest BCUT2D eigenvalue weighted by molar-refractivity contribution is 0.435. The van der Waals surface area contributed by atoms with Crippen LogP contribution in [-0.2, 0) is 18.3 Å². The number of hydrogen-bond acceptors (Lipinski definition) is 1. The lowest BCUT2D eigenvalue weighted by Gasteiger charge is -2.30. The molecule has 0 radical (unpaired) electrons. The molecule has 0 aliphatic heterocycles. The van der Waals surface area contributed by atoms with Crippen LogP contribution in [0.25, 0.3) is 33.4 Å². The number of benzene rings is 6. The van der Waals surface area contributed by atoms with Crippen molar-refractivity contribution in [2.45, 2.75) is 159 Å². The smallest absolute Gasteiger partial charge is 0.0467 e. The summed E-state index contributed by atoms with van der Waals surface area (Å²) in [4.78, 5) is 2.58. The first-order valence-corrected chi connectivity index (χ1v) is 25.0. The standard InChI is InChI=1S/C61H67N/c1-61(2)59-31-15-14-30-56(59)57-33-32-54(41-60(57)61)62(52-27-16-25-45(38-52)42-18-6-3-7-19-42)53-28-17-26-47(39-53)58-40-51(34-46-24-12-13-29-55(46)58)50-36-48(43-20-8-4-9-21-43)35-49(37-50)44-22-10-5-11-23-44/h14-17,25-28,30-44H,3-13,18-24,29H2,1-2H3. The molecule has 0 saturated heterocycles. The van der Waals surface area contributed by atoms with Crippen LogP contribution in [-0.4, -0.2) is 0 Å². The van der Waals surface area contributed by atoms with Gasteiger partial charge in [-0.15, -0.1) is 0 Å². The lowest BCUT2D eigenvalue weighted by atomic mass is 9.78. The highest BCUT2D eigenvalue weighted by atomic mass is 15.1. The molecular formula is C61H67N. The molecule has 3 saturated carbocycles. The normalized spacial score (nSPS) is 19.1. The zero-order valence-electron chi connectivity index (χ0n) is 37.7. The maximum Gasteiger partial charge on any atom is 0.0467 e. The number of rotatable bonds is 8. The summed E-state index contributed by atoms with van der Waals surface area (Å²) in [5.41, 5.74) is 22.9. The Balaban J connectivity index is 1.04. The van der Waals surface area contributed by atoms with Gasteiger partial charge < -0.3 is 4.90 Å². The van der Waals surface area contributed by atoms with Crippen LogP contribution in [0.1, 0.15) is 180 Å². The number of aryl methyl sites for hydroxylation is 1. The van der Waals surface area contributed by atoms with Crippen molar-refractivity contribution in [3.63, 3.8) is 0 Å². The molecule has 0 spiro atoms. The topological polar surface area (TPSA) is 3.24 Å². The molecule has 1 heteroatoms. The summed E-state index contributed by atoms with van der Waals surface area (Å²) >= 11 is 0. The van der Waals surface area contributed by atoms with Gasteiger partial charge in [0.15, 0.2) is 0 Å². The van der Waals surface area contributed by atoms with Crippen LogP contribution in [0, 0.1) is 0 Å². The second kappa shape index (κ2) is 17.0. The summed E-state index contributed by atoms with van der Waals surface area (Å²) < 4.78 is 0. The number of hydrogen-bond donors (Lipinski definition) is 0. The van der Waals surface area contributed by atoms with Crippen LogP contribution in [0.2, 0.25) is 0 Å². The monoisotopic (exact) mass is 814 g/mol. The molecule has 11 rings (SSSR count). The number of fused-ring (bicyclic) bond motifs is 4. The predicted molar refractivity (Wildman–Crippen MR) is 264 cm³/mol. The molecule has 6 aromatic carbocycles. The Morgan fingerprint density at radius 1 is 0.387 bits per heavy atom. The SMILES string of the molecule is CC1(C)c2ccccc2-c2ccc(N(c3cccc(-c4cc(-c5cc(C6CCCCC6)cc(C6CCCCC6)c5)cc5c4CCCC5)c3)c3cccc(C4CCCCC4)c3)cc21. The zero-order valence-corrected chi connectivity index (χ0v) is 37.7. The fraction of sp³-hybridized carbons (Fsp3) is 0.410. The van der Waals surface area contributed by atoms with Crippen molar-refractivity contribution < 1.29 is 0 Å². The molecule has 0 unspecified atom stereocenters. The fourth-order valence-corrected chi connectivity index (χ4v) is 12.9. The number of anilines is 3. The van der Waals surface area contributed by atoms with E-state index in [1.165, 1.54) is 183 Å². The van der Waals surface area contributed by atoms with Gasteiger partial charge in [0.1, 0.15) is 0 Å². The lowest BCUT2D eigenvalue weighted by Crippen LogP contribution is -2.16. The quantitative estimate of drug-likeness (QED) is 0.148. The molecule has 0 aromatic heterocycles. The van der Waals surface area contributed by atoms with E-state index in [0.717, 1.165) is 6.42 Å². The van der Waals surface area contributed by atoms with E-state index in [1.807, 2.05) is 0 Å². The first-order valence-electron chi connectivity index (χ1n) is 25.0. The van der Waals surface area contributed by atoms with Gasteiger partial charge in [-0.1, -0.05) is 150 Å². The average Bonchev–Trinajstić information content (AvgIpc) is 3.57. The molecule has 0 heterocycles. The summed E-state index contributed by atoms with van der Waals surface area (Å²) in [6.45, 7) is 4.82.